The van der Waals surface area contributed by atoms with Crippen LogP contribution in [0, 0.1) is 18.6 Å². The highest BCUT2D eigenvalue weighted by Gasteiger charge is 2.21. The monoisotopic (exact) mass is 298 g/mol. The predicted molar refractivity (Wildman–Crippen MR) is 72.8 cm³/mol. The van der Waals surface area contributed by atoms with Crippen molar-refractivity contribution >= 4 is 21.4 Å². The van der Waals surface area contributed by atoms with Gasteiger partial charge in [0.2, 0.25) is 0 Å². The van der Waals surface area contributed by atoms with Crippen molar-refractivity contribution in [2.75, 3.05) is 10.5 Å². The van der Waals surface area contributed by atoms with Gasteiger partial charge in [-0.15, -0.1) is 0 Å². The largest absolute Gasteiger partial charge is 0.399 e. The first-order valence-corrected chi connectivity index (χ1v) is 7.12. The topological polar surface area (TPSA) is 72.2 Å². The van der Waals surface area contributed by atoms with E-state index in [1.54, 1.807) is 6.92 Å². The third-order valence-electron chi connectivity index (χ3n) is 2.70. The molecule has 0 aliphatic heterocycles. The summed E-state index contributed by atoms with van der Waals surface area (Å²) in [4.78, 5) is -0.125. The molecule has 20 heavy (non-hydrogen) atoms. The van der Waals surface area contributed by atoms with E-state index in [4.69, 9.17) is 5.73 Å². The van der Waals surface area contributed by atoms with Crippen molar-refractivity contribution in [3.8, 4) is 0 Å². The molecular weight excluding hydrogens is 286 g/mol. The first kappa shape index (κ1) is 14.3. The van der Waals surface area contributed by atoms with Crippen LogP contribution >= 0.6 is 0 Å². The maximum Gasteiger partial charge on any atom is 0.262 e. The van der Waals surface area contributed by atoms with Crippen LogP contribution in [-0.4, -0.2) is 8.42 Å². The molecular formula is C13H12F2N2O2S. The molecule has 0 heterocycles. The van der Waals surface area contributed by atoms with Gasteiger partial charge in [0, 0.05) is 5.69 Å². The minimum absolute atomic E-state index is 0.125. The number of nitrogen functional groups attached to an aromatic ring is 1. The second-order valence-corrected chi connectivity index (χ2v) is 5.88. The average molecular weight is 298 g/mol. The average Bonchev–Trinajstić information content (AvgIpc) is 2.37. The van der Waals surface area contributed by atoms with Gasteiger partial charge in [0.1, 0.15) is 17.3 Å². The molecule has 0 saturated heterocycles. The maximum absolute atomic E-state index is 13.5. The number of halogens is 2. The Hall–Kier alpha value is -2.15. The van der Waals surface area contributed by atoms with Crippen molar-refractivity contribution in [3.05, 3.63) is 53.6 Å². The Kier molecular flexibility index (Phi) is 3.63. The van der Waals surface area contributed by atoms with E-state index in [-0.39, 0.29) is 10.6 Å². The number of anilines is 2. The van der Waals surface area contributed by atoms with Gasteiger partial charge in [-0.1, -0.05) is 12.1 Å². The van der Waals surface area contributed by atoms with Crippen molar-refractivity contribution in [3.63, 3.8) is 0 Å². The Morgan fingerprint density at radius 2 is 1.70 bits per heavy atom. The lowest BCUT2D eigenvalue weighted by atomic mass is 10.2. The lowest BCUT2D eigenvalue weighted by Gasteiger charge is -2.12. The molecule has 0 fully saturated rings. The Morgan fingerprint density at radius 1 is 1.10 bits per heavy atom. The second kappa shape index (κ2) is 5.09. The molecule has 0 atom stereocenters. The summed E-state index contributed by atoms with van der Waals surface area (Å²) in [5.74, 6) is -1.98. The first-order valence-electron chi connectivity index (χ1n) is 5.64. The van der Waals surface area contributed by atoms with Crippen LogP contribution in [0.15, 0.2) is 41.3 Å². The van der Waals surface area contributed by atoms with Crippen LogP contribution in [-0.2, 0) is 10.0 Å². The Balaban J connectivity index is 2.49. The maximum atomic E-state index is 13.5. The third kappa shape index (κ3) is 2.72. The number of para-hydroxylation sites is 1. The summed E-state index contributed by atoms with van der Waals surface area (Å²) in [7, 11) is -4.12. The molecule has 2 aromatic rings. The normalized spacial score (nSPS) is 11.3. The van der Waals surface area contributed by atoms with Crippen LogP contribution in [0.2, 0.25) is 0 Å². The molecule has 2 aromatic carbocycles. The summed E-state index contributed by atoms with van der Waals surface area (Å²) in [6, 6.07) is 7.37. The van der Waals surface area contributed by atoms with Crippen LogP contribution in [0.3, 0.4) is 0 Å². The highest BCUT2D eigenvalue weighted by molar-refractivity contribution is 7.92. The van der Waals surface area contributed by atoms with Crippen LogP contribution in [0.4, 0.5) is 20.2 Å². The number of rotatable bonds is 3. The predicted octanol–water partition coefficient (Wildman–Crippen LogP) is 2.66. The van der Waals surface area contributed by atoms with Gasteiger partial charge in [0.15, 0.2) is 0 Å². The molecule has 2 rings (SSSR count). The van der Waals surface area contributed by atoms with E-state index in [0.717, 1.165) is 18.2 Å². The van der Waals surface area contributed by atoms with E-state index in [2.05, 4.69) is 0 Å². The highest BCUT2D eigenvalue weighted by Crippen LogP contribution is 2.24. The van der Waals surface area contributed by atoms with Gasteiger partial charge in [-0.3, -0.25) is 4.72 Å². The molecule has 0 aromatic heterocycles. The summed E-state index contributed by atoms with van der Waals surface area (Å²) < 4.78 is 53.2. The van der Waals surface area contributed by atoms with Crippen molar-refractivity contribution in [2.45, 2.75) is 11.8 Å². The fourth-order valence-electron chi connectivity index (χ4n) is 1.69. The van der Waals surface area contributed by atoms with Crippen LogP contribution in [0.5, 0.6) is 0 Å². The molecule has 7 heteroatoms. The number of hydrogen-bond donors (Lipinski definition) is 2. The SMILES string of the molecule is Cc1ccc(N)cc1S(=O)(=O)Nc1c(F)cccc1F. The fraction of sp³-hybridized carbons (Fsp3) is 0.0769. The van der Waals surface area contributed by atoms with E-state index in [1.165, 1.54) is 18.2 Å². The third-order valence-corrected chi connectivity index (χ3v) is 4.19. The number of sulfonamides is 1. The van der Waals surface area contributed by atoms with Gasteiger partial charge in [-0.25, -0.2) is 17.2 Å². The quantitative estimate of drug-likeness (QED) is 0.856. The fourth-order valence-corrected chi connectivity index (χ4v) is 3.05. The number of aryl methyl sites for hydroxylation is 1. The Morgan fingerprint density at radius 3 is 2.30 bits per heavy atom. The van der Waals surface area contributed by atoms with Gasteiger partial charge >= 0.3 is 0 Å². The highest BCUT2D eigenvalue weighted by atomic mass is 32.2. The zero-order chi connectivity index (χ0) is 14.9. The second-order valence-electron chi connectivity index (χ2n) is 4.23. The summed E-state index contributed by atoms with van der Waals surface area (Å²) in [5, 5.41) is 0. The Bertz CT molecular complexity index is 741. The lowest BCUT2D eigenvalue weighted by Crippen LogP contribution is -2.16. The molecule has 0 aliphatic rings. The zero-order valence-corrected chi connectivity index (χ0v) is 11.3. The van der Waals surface area contributed by atoms with E-state index in [1.807, 2.05) is 4.72 Å². The number of nitrogens with one attached hydrogen (secondary N) is 1. The smallest absolute Gasteiger partial charge is 0.262 e. The molecule has 3 N–H and O–H groups in total. The zero-order valence-electron chi connectivity index (χ0n) is 10.5. The van der Waals surface area contributed by atoms with E-state index < -0.39 is 27.3 Å². The van der Waals surface area contributed by atoms with Crippen LogP contribution < -0.4 is 10.5 Å². The summed E-state index contributed by atoms with van der Waals surface area (Å²) in [5.41, 5.74) is 5.48. The van der Waals surface area contributed by atoms with Gasteiger partial charge < -0.3 is 5.73 Å². The lowest BCUT2D eigenvalue weighted by molar-refractivity contribution is 0.582. The van der Waals surface area contributed by atoms with Crippen molar-refractivity contribution < 1.29 is 17.2 Å². The van der Waals surface area contributed by atoms with E-state index in [0.29, 0.717) is 5.56 Å². The van der Waals surface area contributed by atoms with Crippen LogP contribution in [0.1, 0.15) is 5.56 Å². The van der Waals surface area contributed by atoms with Crippen LogP contribution in [0.25, 0.3) is 0 Å². The number of benzene rings is 2. The minimum atomic E-state index is -4.12. The molecule has 4 nitrogen and oxygen atoms in total. The summed E-state index contributed by atoms with van der Waals surface area (Å²) in [6.45, 7) is 1.56. The van der Waals surface area contributed by atoms with Gasteiger partial charge in [0.05, 0.1) is 4.90 Å². The molecule has 0 radical (unpaired) electrons. The Labute approximate surface area is 115 Å². The van der Waals surface area contributed by atoms with Gasteiger partial charge in [0.25, 0.3) is 10.0 Å². The van der Waals surface area contributed by atoms with E-state index >= 15 is 0 Å². The van der Waals surface area contributed by atoms with Crippen molar-refractivity contribution in [2.24, 2.45) is 0 Å². The first-order chi connectivity index (χ1) is 9.31. The van der Waals surface area contributed by atoms with E-state index in [9.17, 15) is 17.2 Å². The minimum Gasteiger partial charge on any atom is -0.399 e. The molecule has 0 spiro atoms. The van der Waals surface area contributed by atoms with Crippen molar-refractivity contribution in [1.29, 1.82) is 0 Å². The number of nitrogens with two attached hydrogens (primary N) is 1. The molecule has 0 aliphatic carbocycles. The molecule has 0 unspecified atom stereocenters. The standard InChI is InChI=1S/C13H12F2N2O2S/c1-8-5-6-9(16)7-12(8)20(18,19)17-13-10(14)3-2-4-11(13)15/h2-7,17H,16H2,1H3. The van der Waals surface area contributed by atoms with Gasteiger partial charge in [-0.2, -0.15) is 0 Å². The summed E-state index contributed by atoms with van der Waals surface area (Å²) in [6.07, 6.45) is 0. The summed E-state index contributed by atoms with van der Waals surface area (Å²) >= 11 is 0. The molecule has 0 bridgehead atoms. The molecule has 0 saturated carbocycles. The molecule has 0 amide bonds. The van der Waals surface area contributed by atoms with Crippen molar-refractivity contribution in [1.82, 2.24) is 0 Å². The number of hydrogen-bond acceptors (Lipinski definition) is 3. The van der Waals surface area contributed by atoms with Gasteiger partial charge in [-0.05, 0) is 36.8 Å². The molecule has 106 valence electrons.